The Labute approximate surface area is 182 Å². The van der Waals surface area contributed by atoms with Crippen molar-refractivity contribution in [3.8, 4) is 5.75 Å². The lowest BCUT2D eigenvalue weighted by atomic mass is 9.48. The van der Waals surface area contributed by atoms with Gasteiger partial charge in [-0.25, -0.2) is 9.78 Å². The Bertz CT molecular complexity index is 1080. The molecule has 3 aromatic rings. The van der Waals surface area contributed by atoms with Gasteiger partial charge >= 0.3 is 5.97 Å². The first-order valence-electron chi connectivity index (χ1n) is 11.4. The number of hydrogen-bond acceptors (Lipinski definition) is 4. The van der Waals surface area contributed by atoms with E-state index in [1.807, 2.05) is 42.5 Å². The SMILES string of the molecule is COC(=O)c1ccc2nc(C(Oc3ccccc3)C34CC5CC(CC(C5)C3)C4)[nH]c2c1. The van der Waals surface area contributed by atoms with Gasteiger partial charge in [0, 0.05) is 5.41 Å². The van der Waals surface area contributed by atoms with Crippen LogP contribution in [0.5, 0.6) is 5.75 Å². The van der Waals surface area contributed by atoms with E-state index >= 15 is 0 Å². The van der Waals surface area contributed by atoms with Crippen LogP contribution in [0.4, 0.5) is 0 Å². The summed E-state index contributed by atoms with van der Waals surface area (Å²) in [7, 11) is 1.40. The van der Waals surface area contributed by atoms with Crippen LogP contribution in [0, 0.1) is 23.2 Å². The Morgan fingerprint density at radius 3 is 2.35 bits per heavy atom. The number of hydrogen-bond donors (Lipinski definition) is 1. The molecule has 1 unspecified atom stereocenters. The molecule has 160 valence electrons. The molecule has 7 rings (SSSR count). The molecule has 4 fully saturated rings. The van der Waals surface area contributed by atoms with Crippen molar-refractivity contribution in [3.63, 3.8) is 0 Å². The molecule has 0 amide bonds. The Morgan fingerprint density at radius 1 is 1.03 bits per heavy atom. The van der Waals surface area contributed by atoms with Gasteiger partial charge in [0.2, 0.25) is 0 Å². The maximum absolute atomic E-state index is 12.0. The number of benzene rings is 2. The zero-order valence-corrected chi connectivity index (χ0v) is 17.8. The molecule has 5 heteroatoms. The minimum absolute atomic E-state index is 0.114. The maximum Gasteiger partial charge on any atom is 0.337 e. The third kappa shape index (κ3) is 3.22. The highest BCUT2D eigenvalue weighted by atomic mass is 16.5. The standard InChI is InChI=1S/C26H28N2O3/c1-30-25(29)19-7-8-21-22(12-19)28-24(27-21)23(31-20-5-3-2-4-6-20)26-13-16-9-17(14-26)11-18(10-16)15-26/h2-8,12,16-18,23H,9-11,13-15H2,1H3,(H,27,28). The Balaban J connectivity index is 1.43. The Kier molecular flexibility index (Phi) is 4.34. The summed E-state index contributed by atoms with van der Waals surface area (Å²) in [5.74, 6) is 3.90. The van der Waals surface area contributed by atoms with Gasteiger partial charge in [-0.15, -0.1) is 0 Å². The number of ether oxygens (including phenoxy) is 2. The van der Waals surface area contributed by atoms with E-state index in [2.05, 4.69) is 4.98 Å². The van der Waals surface area contributed by atoms with Crippen molar-refractivity contribution in [1.29, 1.82) is 0 Å². The number of H-pyrrole nitrogens is 1. The molecule has 4 aliphatic rings. The first-order valence-corrected chi connectivity index (χ1v) is 11.4. The molecule has 31 heavy (non-hydrogen) atoms. The number of aromatic nitrogens is 2. The number of methoxy groups -OCH3 is 1. The predicted octanol–water partition coefficient (Wildman–Crippen LogP) is 5.69. The number of aromatic amines is 1. The van der Waals surface area contributed by atoms with Gasteiger partial charge in [-0.2, -0.15) is 0 Å². The second-order valence-electron chi connectivity index (χ2n) is 9.94. The van der Waals surface area contributed by atoms with Gasteiger partial charge in [0.25, 0.3) is 0 Å². The summed E-state index contributed by atoms with van der Waals surface area (Å²) in [6.07, 6.45) is 7.72. The second kappa shape index (κ2) is 7.11. The first kappa shape index (κ1) is 18.9. The van der Waals surface area contributed by atoms with Gasteiger partial charge in [-0.1, -0.05) is 18.2 Å². The van der Waals surface area contributed by atoms with Crippen LogP contribution in [0.1, 0.15) is 60.8 Å². The molecule has 4 saturated carbocycles. The number of para-hydroxylation sites is 1. The van der Waals surface area contributed by atoms with Crippen molar-refractivity contribution in [2.45, 2.75) is 44.6 Å². The highest BCUT2D eigenvalue weighted by Gasteiger charge is 2.56. The number of imidazole rings is 1. The molecule has 1 heterocycles. The van der Waals surface area contributed by atoms with Crippen molar-refractivity contribution in [2.75, 3.05) is 7.11 Å². The number of nitrogens with one attached hydrogen (secondary N) is 1. The highest BCUT2D eigenvalue weighted by Crippen LogP contribution is 2.64. The quantitative estimate of drug-likeness (QED) is 0.543. The molecule has 0 radical (unpaired) electrons. The molecule has 5 nitrogen and oxygen atoms in total. The average Bonchev–Trinajstić information content (AvgIpc) is 3.19. The summed E-state index contributed by atoms with van der Waals surface area (Å²) in [5, 5.41) is 0. The normalized spacial score (nSPS) is 29.8. The van der Waals surface area contributed by atoms with Crippen molar-refractivity contribution >= 4 is 17.0 Å². The zero-order valence-electron chi connectivity index (χ0n) is 17.8. The van der Waals surface area contributed by atoms with Crippen LogP contribution < -0.4 is 4.74 Å². The molecular formula is C26H28N2O3. The molecule has 1 aromatic heterocycles. The third-order valence-corrected chi connectivity index (χ3v) is 7.81. The van der Waals surface area contributed by atoms with E-state index in [1.165, 1.54) is 45.6 Å². The van der Waals surface area contributed by atoms with E-state index in [0.717, 1.165) is 40.4 Å². The van der Waals surface area contributed by atoms with Crippen LogP contribution in [-0.4, -0.2) is 23.0 Å². The molecule has 4 bridgehead atoms. The summed E-state index contributed by atoms with van der Waals surface area (Å²) in [5.41, 5.74) is 2.36. The largest absolute Gasteiger partial charge is 0.482 e. The maximum atomic E-state index is 12.0. The van der Waals surface area contributed by atoms with Crippen molar-refractivity contribution < 1.29 is 14.3 Å². The molecule has 4 aliphatic carbocycles. The summed E-state index contributed by atoms with van der Waals surface area (Å²) in [6, 6.07) is 15.6. The van der Waals surface area contributed by atoms with E-state index in [0.29, 0.717) is 5.56 Å². The van der Waals surface area contributed by atoms with Crippen molar-refractivity contribution in [1.82, 2.24) is 9.97 Å². The van der Waals surface area contributed by atoms with Gasteiger partial charge in [0.15, 0.2) is 6.10 Å². The van der Waals surface area contributed by atoms with Gasteiger partial charge < -0.3 is 14.5 Å². The topological polar surface area (TPSA) is 64.2 Å². The number of carbonyl (C=O) groups excluding carboxylic acids is 1. The third-order valence-electron chi connectivity index (χ3n) is 7.81. The second-order valence-corrected chi connectivity index (χ2v) is 9.94. The highest BCUT2D eigenvalue weighted by molar-refractivity contribution is 5.93. The van der Waals surface area contributed by atoms with E-state index < -0.39 is 0 Å². The molecular weight excluding hydrogens is 388 g/mol. The molecule has 0 spiro atoms. The number of nitrogens with zero attached hydrogens (tertiary/aromatic N) is 1. The Hall–Kier alpha value is -2.82. The Morgan fingerprint density at radius 2 is 1.71 bits per heavy atom. The lowest BCUT2D eigenvalue weighted by Crippen LogP contribution is -2.50. The molecule has 1 atom stereocenters. The first-order chi connectivity index (χ1) is 15.1. The van der Waals surface area contributed by atoms with Crippen LogP contribution in [0.15, 0.2) is 48.5 Å². The van der Waals surface area contributed by atoms with Gasteiger partial charge in [0.05, 0.1) is 23.7 Å². The van der Waals surface area contributed by atoms with E-state index in [-0.39, 0.29) is 17.5 Å². The summed E-state index contributed by atoms with van der Waals surface area (Å²) < 4.78 is 11.6. The molecule has 1 N–H and O–H groups in total. The van der Waals surface area contributed by atoms with Crippen molar-refractivity contribution in [2.24, 2.45) is 23.2 Å². The van der Waals surface area contributed by atoms with E-state index in [4.69, 9.17) is 14.5 Å². The fourth-order valence-electron chi connectivity index (χ4n) is 7.00. The minimum Gasteiger partial charge on any atom is -0.482 e. The summed E-state index contributed by atoms with van der Waals surface area (Å²) >= 11 is 0. The fourth-order valence-corrected chi connectivity index (χ4v) is 7.00. The van der Waals surface area contributed by atoms with Gasteiger partial charge in [0.1, 0.15) is 11.6 Å². The lowest BCUT2D eigenvalue weighted by Gasteiger charge is -2.58. The predicted molar refractivity (Wildman–Crippen MR) is 118 cm³/mol. The van der Waals surface area contributed by atoms with E-state index in [9.17, 15) is 4.79 Å². The van der Waals surface area contributed by atoms with Crippen LogP contribution in [-0.2, 0) is 4.74 Å². The van der Waals surface area contributed by atoms with Crippen LogP contribution >= 0.6 is 0 Å². The molecule has 0 aliphatic heterocycles. The zero-order chi connectivity index (χ0) is 21.0. The average molecular weight is 417 g/mol. The smallest absolute Gasteiger partial charge is 0.337 e. The number of fused-ring (bicyclic) bond motifs is 1. The van der Waals surface area contributed by atoms with Crippen LogP contribution in [0.25, 0.3) is 11.0 Å². The minimum atomic E-state index is -0.337. The van der Waals surface area contributed by atoms with Crippen LogP contribution in [0.3, 0.4) is 0 Å². The van der Waals surface area contributed by atoms with Crippen molar-refractivity contribution in [3.05, 3.63) is 59.9 Å². The molecule has 2 aromatic carbocycles. The monoisotopic (exact) mass is 416 g/mol. The summed E-state index contributed by atoms with van der Waals surface area (Å²) in [6.45, 7) is 0. The fraction of sp³-hybridized carbons (Fsp3) is 0.462. The number of carbonyl (C=O) groups is 1. The van der Waals surface area contributed by atoms with Gasteiger partial charge in [-0.05, 0) is 86.6 Å². The van der Waals surface area contributed by atoms with E-state index in [1.54, 1.807) is 6.07 Å². The number of esters is 1. The summed E-state index contributed by atoms with van der Waals surface area (Å²) in [4.78, 5) is 20.5. The van der Waals surface area contributed by atoms with Crippen LogP contribution in [0.2, 0.25) is 0 Å². The lowest BCUT2D eigenvalue weighted by molar-refractivity contribution is -0.115. The molecule has 0 saturated heterocycles. The van der Waals surface area contributed by atoms with Gasteiger partial charge in [-0.3, -0.25) is 0 Å². The number of rotatable bonds is 5.